The number of amides is 1. The van der Waals surface area contributed by atoms with Crippen molar-refractivity contribution in [3.8, 4) is 5.75 Å². The minimum Gasteiger partial charge on any atom is -0.496 e. The molecule has 0 saturated carbocycles. The van der Waals surface area contributed by atoms with Gasteiger partial charge in [0.1, 0.15) is 17.7 Å². The first-order valence-electron chi connectivity index (χ1n) is 8.16. The average Bonchev–Trinajstić information content (AvgIpc) is 2.61. The fraction of sp³-hybridized carbons (Fsp3) is 0.389. The van der Waals surface area contributed by atoms with E-state index >= 15 is 0 Å². The number of para-hydroxylation sites is 1. The van der Waals surface area contributed by atoms with Crippen LogP contribution in [0.25, 0.3) is 0 Å². The zero-order valence-corrected chi connectivity index (χ0v) is 14.3. The van der Waals surface area contributed by atoms with Gasteiger partial charge in [-0.25, -0.2) is 4.98 Å². The molecule has 1 N–H and O–H groups in total. The van der Waals surface area contributed by atoms with Gasteiger partial charge in [-0.15, -0.1) is 0 Å². The Balaban J connectivity index is 1.72. The van der Waals surface area contributed by atoms with Gasteiger partial charge in [-0.1, -0.05) is 18.2 Å². The van der Waals surface area contributed by atoms with Crippen molar-refractivity contribution in [1.29, 1.82) is 0 Å². The maximum atomic E-state index is 12.7. The molecule has 2 heterocycles. The van der Waals surface area contributed by atoms with Crippen LogP contribution in [0.2, 0.25) is 0 Å². The van der Waals surface area contributed by atoms with Gasteiger partial charge in [0, 0.05) is 18.2 Å². The molecule has 1 fully saturated rings. The molecule has 0 unspecified atom stereocenters. The van der Waals surface area contributed by atoms with Crippen LogP contribution < -0.4 is 10.3 Å². The van der Waals surface area contributed by atoms with E-state index in [1.807, 2.05) is 24.3 Å². The first-order chi connectivity index (χ1) is 12.1. The average molecular weight is 343 g/mol. The lowest BCUT2D eigenvalue weighted by atomic mass is 10.1. The van der Waals surface area contributed by atoms with E-state index in [0.717, 1.165) is 5.56 Å². The second kappa shape index (κ2) is 7.48. The fourth-order valence-corrected chi connectivity index (χ4v) is 2.95. The molecule has 7 heteroatoms. The summed E-state index contributed by atoms with van der Waals surface area (Å²) in [6, 6.07) is 8.91. The summed E-state index contributed by atoms with van der Waals surface area (Å²) in [7, 11) is 1.59. The molecule has 1 saturated heterocycles. The molecule has 7 nitrogen and oxygen atoms in total. The molecule has 3 rings (SSSR count). The molecule has 25 heavy (non-hydrogen) atoms. The van der Waals surface area contributed by atoms with Crippen molar-refractivity contribution in [3.05, 3.63) is 57.8 Å². The normalized spacial score (nSPS) is 17.4. The highest BCUT2D eigenvalue weighted by Crippen LogP contribution is 2.22. The van der Waals surface area contributed by atoms with Crippen molar-refractivity contribution >= 4 is 5.91 Å². The Kier molecular flexibility index (Phi) is 5.14. The zero-order valence-electron chi connectivity index (χ0n) is 14.3. The van der Waals surface area contributed by atoms with Crippen molar-refractivity contribution in [2.24, 2.45) is 0 Å². The van der Waals surface area contributed by atoms with Gasteiger partial charge in [0.2, 0.25) is 5.91 Å². The van der Waals surface area contributed by atoms with E-state index in [1.54, 1.807) is 18.9 Å². The number of carbonyl (C=O) groups is 1. The van der Waals surface area contributed by atoms with Gasteiger partial charge in [0.05, 0.1) is 32.4 Å². The second-order valence-corrected chi connectivity index (χ2v) is 5.94. The predicted molar refractivity (Wildman–Crippen MR) is 91.6 cm³/mol. The van der Waals surface area contributed by atoms with Crippen LogP contribution in [0.3, 0.4) is 0 Å². The van der Waals surface area contributed by atoms with E-state index < -0.39 is 6.10 Å². The van der Waals surface area contributed by atoms with Crippen LogP contribution in [-0.4, -0.2) is 47.6 Å². The molecule has 132 valence electrons. The Morgan fingerprint density at radius 2 is 2.24 bits per heavy atom. The third kappa shape index (κ3) is 4.06. The van der Waals surface area contributed by atoms with Gasteiger partial charge in [0.25, 0.3) is 5.56 Å². The number of methoxy groups -OCH3 is 1. The summed E-state index contributed by atoms with van der Waals surface area (Å²) in [6.07, 6.45) is -0.130. The molecule has 1 aromatic heterocycles. The Labute approximate surface area is 145 Å². The molecule has 0 bridgehead atoms. The smallest absolute Gasteiger partial charge is 0.251 e. The van der Waals surface area contributed by atoms with Crippen LogP contribution >= 0.6 is 0 Å². The molecule has 0 radical (unpaired) electrons. The summed E-state index contributed by atoms with van der Waals surface area (Å²) in [5.41, 5.74) is 1.18. The monoisotopic (exact) mass is 343 g/mol. The first-order valence-corrected chi connectivity index (χ1v) is 8.16. The van der Waals surface area contributed by atoms with Crippen molar-refractivity contribution in [2.75, 3.05) is 26.8 Å². The van der Waals surface area contributed by atoms with Gasteiger partial charge in [-0.3, -0.25) is 9.59 Å². The maximum absolute atomic E-state index is 12.7. The highest BCUT2D eigenvalue weighted by Gasteiger charge is 2.27. The number of aromatic nitrogens is 2. The van der Waals surface area contributed by atoms with E-state index in [4.69, 9.17) is 9.47 Å². The Morgan fingerprint density at radius 3 is 3.00 bits per heavy atom. The highest BCUT2D eigenvalue weighted by atomic mass is 16.5. The third-order valence-corrected chi connectivity index (χ3v) is 4.16. The van der Waals surface area contributed by atoms with Crippen LogP contribution in [0.5, 0.6) is 5.75 Å². The first kappa shape index (κ1) is 17.2. The van der Waals surface area contributed by atoms with Gasteiger partial charge in [0.15, 0.2) is 0 Å². The van der Waals surface area contributed by atoms with Crippen LogP contribution in [0.15, 0.2) is 35.1 Å². The predicted octanol–water partition coefficient (Wildman–Crippen LogP) is 1.23. The van der Waals surface area contributed by atoms with Crippen LogP contribution in [-0.2, 0) is 16.0 Å². The summed E-state index contributed by atoms with van der Waals surface area (Å²) in [4.78, 5) is 33.0. The third-order valence-electron chi connectivity index (χ3n) is 4.16. The lowest BCUT2D eigenvalue weighted by Crippen LogP contribution is -2.43. The minimum absolute atomic E-state index is 0.000590. The summed E-state index contributed by atoms with van der Waals surface area (Å²) < 4.78 is 11.0. The van der Waals surface area contributed by atoms with Gasteiger partial charge in [-0.2, -0.15) is 0 Å². The van der Waals surface area contributed by atoms with Crippen molar-refractivity contribution < 1.29 is 14.3 Å². The topological polar surface area (TPSA) is 84.5 Å². The number of aryl methyl sites for hydroxylation is 1. The zero-order chi connectivity index (χ0) is 17.8. The number of hydrogen-bond acceptors (Lipinski definition) is 5. The van der Waals surface area contributed by atoms with E-state index in [2.05, 4.69) is 9.97 Å². The van der Waals surface area contributed by atoms with Gasteiger partial charge >= 0.3 is 0 Å². The molecule has 2 aromatic rings. The van der Waals surface area contributed by atoms with Crippen LogP contribution in [0.4, 0.5) is 0 Å². The maximum Gasteiger partial charge on any atom is 0.251 e. The number of carbonyl (C=O) groups excluding carboxylic acids is 1. The van der Waals surface area contributed by atoms with E-state index in [0.29, 0.717) is 37.0 Å². The lowest BCUT2D eigenvalue weighted by Gasteiger charge is -2.32. The number of nitrogens with one attached hydrogen (secondary N) is 1. The van der Waals surface area contributed by atoms with E-state index in [9.17, 15) is 9.59 Å². The number of nitrogens with zero attached hydrogens (tertiary/aromatic N) is 2. The van der Waals surface area contributed by atoms with Crippen molar-refractivity contribution in [2.45, 2.75) is 19.4 Å². The number of morpholine rings is 1. The molecule has 0 spiro atoms. The number of ether oxygens (including phenoxy) is 2. The molecule has 0 aliphatic carbocycles. The summed E-state index contributed by atoms with van der Waals surface area (Å²) in [6.45, 7) is 3.03. The molecular weight excluding hydrogens is 322 g/mol. The number of H-pyrrole nitrogens is 1. The number of aromatic amines is 1. The number of rotatable bonds is 4. The molecule has 1 atom stereocenters. The largest absolute Gasteiger partial charge is 0.496 e. The molecule has 1 amide bonds. The van der Waals surface area contributed by atoms with Crippen LogP contribution in [0, 0.1) is 6.92 Å². The minimum atomic E-state index is -0.392. The fourth-order valence-electron chi connectivity index (χ4n) is 2.95. The lowest BCUT2D eigenvalue weighted by molar-refractivity contribution is -0.138. The Morgan fingerprint density at radius 1 is 1.44 bits per heavy atom. The molecule has 1 aromatic carbocycles. The number of benzene rings is 1. The van der Waals surface area contributed by atoms with Crippen molar-refractivity contribution in [1.82, 2.24) is 14.9 Å². The summed E-state index contributed by atoms with van der Waals surface area (Å²) in [5, 5.41) is 0. The standard InChI is InChI=1S/C18H21N3O4/c1-12-19-14(10-17(22)20-12)16-11-21(7-8-25-16)18(23)9-13-5-3-4-6-15(13)24-2/h3-6,10,16H,7-9,11H2,1-2H3,(H,19,20,22)/t16-/m0/s1. The van der Waals surface area contributed by atoms with Gasteiger partial charge in [-0.05, 0) is 13.0 Å². The molecule has 1 aliphatic heterocycles. The second-order valence-electron chi connectivity index (χ2n) is 5.94. The quantitative estimate of drug-likeness (QED) is 0.903. The number of hydrogen-bond donors (Lipinski definition) is 1. The SMILES string of the molecule is COc1ccccc1CC(=O)N1CCO[C@H](c2cc(=O)[nH]c(C)n2)C1. The summed E-state index contributed by atoms with van der Waals surface area (Å²) >= 11 is 0. The highest BCUT2D eigenvalue weighted by molar-refractivity contribution is 5.79. The molecular formula is C18H21N3O4. The molecule has 1 aliphatic rings. The van der Waals surface area contributed by atoms with E-state index in [-0.39, 0.29) is 17.9 Å². The van der Waals surface area contributed by atoms with Crippen LogP contribution in [0.1, 0.15) is 23.2 Å². The summed E-state index contributed by atoms with van der Waals surface area (Å²) in [5.74, 6) is 1.23. The Bertz CT molecular complexity index is 818. The Hall–Kier alpha value is -2.67. The van der Waals surface area contributed by atoms with E-state index in [1.165, 1.54) is 6.07 Å². The van der Waals surface area contributed by atoms with Gasteiger partial charge < -0.3 is 19.4 Å². The van der Waals surface area contributed by atoms with Crippen molar-refractivity contribution in [3.63, 3.8) is 0 Å².